The topological polar surface area (TPSA) is 17.0 Å². The fraction of sp³-hybridized carbons (Fsp3) is 0.412. The molecule has 0 amide bonds. The van der Waals surface area contributed by atoms with Crippen molar-refractivity contribution in [3.63, 3.8) is 0 Å². The summed E-state index contributed by atoms with van der Waals surface area (Å²) in [5.41, 5.74) is 5.24. The molecule has 1 fully saturated rings. The van der Waals surface area contributed by atoms with Crippen LogP contribution < -0.4 is 5.32 Å². The minimum absolute atomic E-state index is 0.649. The summed E-state index contributed by atoms with van der Waals surface area (Å²) in [4.78, 5) is 0. The summed E-state index contributed by atoms with van der Waals surface area (Å²) in [6, 6.07) is 7.48. The summed E-state index contributed by atoms with van der Waals surface area (Å²) < 4.78 is 2.22. The Morgan fingerprint density at radius 2 is 2.16 bits per heavy atom. The van der Waals surface area contributed by atoms with Crippen molar-refractivity contribution < 1.29 is 0 Å². The quantitative estimate of drug-likeness (QED) is 0.827. The molecule has 0 aliphatic heterocycles. The van der Waals surface area contributed by atoms with E-state index in [1.807, 2.05) is 0 Å². The molecular weight excluding hydrogens is 232 g/mol. The van der Waals surface area contributed by atoms with Gasteiger partial charge < -0.3 is 9.88 Å². The van der Waals surface area contributed by atoms with Crippen LogP contribution in [-0.2, 0) is 13.1 Å². The molecule has 2 heteroatoms. The van der Waals surface area contributed by atoms with Crippen LogP contribution in [0.15, 0.2) is 18.2 Å². The van der Waals surface area contributed by atoms with Crippen molar-refractivity contribution in [1.29, 1.82) is 0 Å². The lowest BCUT2D eigenvalue weighted by Crippen LogP contribution is -2.15. The number of nitrogens with one attached hydrogen (secondary N) is 1. The zero-order chi connectivity index (χ0) is 13.4. The van der Waals surface area contributed by atoms with Crippen LogP contribution in [-0.4, -0.2) is 10.6 Å². The highest BCUT2D eigenvalue weighted by molar-refractivity contribution is 5.86. The molecule has 1 aromatic heterocycles. The molecule has 3 rings (SSSR count). The predicted molar refractivity (Wildman–Crippen MR) is 80.1 cm³/mol. The van der Waals surface area contributed by atoms with Gasteiger partial charge in [0.15, 0.2) is 0 Å². The second-order valence-corrected chi connectivity index (χ2v) is 5.51. The van der Waals surface area contributed by atoms with Gasteiger partial charge in [-0.2, -0.15) is 0 Å². The lowest BCUT2D eigenvalue weighted by molar-refractivity contribution is 0.688. The van der Waals surface area contributed by atoms with Crippen molar-refractivity contribution in [3.8, 4) is 12.3 Å². The van der Waals surface area contributed by atoms with Crippen molar-refractivity contribution in [3.05, 3.63) is 35.0 Å². The smallest absolute Gasteiger partial charge is 0.0837 e. The minimum Gasteiger partial charge on any atom is -0.333 e. The summed E-state index contributed by atoms with van der Waals surface area (Å²) in [7, 11) is 0. The summed E-state index contributed by atoms with van der Waals surface area (Å²) in [5, 5.41) is 4.90. The molecule has 0 bridgehead atoms. The van der Waals surface area contributed by atoms with Crippen LogP contribution in [0.1, 0.15) is 29.7 Å². The minimum atomic E-state index is 0.649. The van der Waals surface area contributed by atoms with E-state index >= 15 is 0 Å². The third-order valence-corrected chi connectivity index (χ3v) is 4.12. The number of hydrogen-bond acceptors (Lipinski definition) is 1. The third kappa shape index (κ3) is 2.27. The molecule has 98 valence electrons. The lowest BCUT2D eigenvalue weighted by atomic mass is 10.1. The maximum Gasteiger partial charge on any atom is 0.0837 e. The van der Waals surface area contributed by atoms with E-state index < -0.39 is 0 Å². The van der Waals surface area contributed by atoms with E-state index in [0.717, 1.165) is 12.6 Å². The zero-order valence-corrected chi connectivity index (χ0v) is 11.7. The van der Waals surface area contributed by atoms with Crippen molar-refractivity contribution in [1.82, 2.24) is 9.88 Å². The zero-order valence-electron chi connectivity index (χ0n) is 11.7. The molecule has 2 aromatic rings. The van der Waals surface area contributed by atoms with Gasteiger partial charge >= 0.3 is 0 Å². The number of nitrogens with zero attached hydrogens (tertiary/aromatic N) is 1. The monoisotopic (exact) mass is 252 g/mol. The molecule has 1 N–H and O–H groups in total. The summed E-state index contributed by atoms with van der Waals surface area (Å²) in [5.74, 6) is 2.74. The lowest BCUT2D eigenvalue weighted by Gasteiger charge is -2.05. The molecular formula is C17H20N2. The van der Waals surface area contributed by atoms with E-state index in [2.05, 4.69) is 47.9 Å². The fourth-order valence-corrected chi connectivity index (χ4v) is 2.65. The number of hydrogen-bond donors (Lipinski definition) is 1. The van der Waals surface area contributed by atoms with Crippen molar-refractivity contribution in [2.75, 3.05) is 0 Å². The molecule has 1 aromatic carbocycles. The number of aromatic nitrogens is 1. The van der Waals surface area contributed by atoms with Gasteiger partial charge in [-0.15, -0.1) is 6.42 Å². The van der Waals surface area contributed by atoms with Gasteiger partial charge in [0.1, 0.15) is 0 Å². The van der Waals surface area contributed by atoms with E-state index in [1.54, 1.807) is 0 Å². The Balaban J connectivity index is 1.97. The normalized spacial score (nSPS) is 14.8. The summed E-state index contributed by atoms with van der Waals surface area (Å²) >= 11 is 0. The van der Waals surface area contributed by atoms with Gasteiger partial charge in [0, 0.05) is 29.2 Å². The van der Waals surface area contributed by atoms with Gasteiger partial charge in [-0.25, -0.2) is 0 Å². The maximum absolute atomic E-state index is 5.47. The first-order chi connectivity index (χ1) is 9.20. The van der Waals surface area contributed by atoms with Gasteiger partial charge in [-0.3, -0.25) is 0 Å². The van der Waals surface area contributed by atoms with Crippen LogP contribution in [0.3, 0.4) is 0 Å². The highest BCUT2D eigenvalue weighted by Crippen LogP contribution is 2.26. The Hall–Kier alpha value is -1.72. The number of benzene rings is 1. The Kier molecular flexibility index (Phi) is 3.08. The molecule has 0 unspecified atom stereocenters. The van der Waals surface area contributed by atoms with Crippen LogP contribution >= 0.6 is 0 Å². The van der Waals surface area contributed by atoms with Gasteiger partial charge in [0.05, 0.1) is 6.54 Å². The first-order valence-electron chi connectivity index (χ1n) is 6.96. The number of terminal acetylenes is 1. The summed E-state index contributed by atoms with van der Waals surface area (Å²) in [6.07, 6.45) is 8.13. The van der Waals surface area contributed by atoms with Crippen molar-refractivity contribution >= 4 is 10.9 Å². The van der Waals surface area contributed by atoms with Gasteiger partial charge in [0.25, 0.3) is 0 Å². The molecule has 0 radical (unpaired) electrons. The predicted octanol–water partition coefficient (Wildman–Crippen LogP) is 3.14. The maximum atomic E-state index is 5.47. The number of fused-ring (bicyclic) bond motifs is 1. The SMILES string of the molecule is C#CCn1c(C)c(C)c2cc(CNC3CC3)ccc21. The summed E-state index contributed by atoms with van der Waals surface area (Å²) in [6.45, 7) is 5.95. The molecule has 19 heavy (non-hydrogen) atoms. The first-order valence-corrected chi connectivity index (χ1v) is 6.96. The van der Waals surface area contributed by atoms with E-state index in [4.69, 9.17) is 6.42 Å². The van der Waals surface area contributed by atoms with Gasteiger partial charge in [-0.1, -0.05) is 12.0 Å². The molecule has 1 saturated carbocycles. The highest BCUT2D eigenvalue weighted by Gasteiger charge is 2.20. The van der Waals surface area contributed by atoms with Crippen molar-refractivity contribution in [2.24, 2.45) is 0 Å². The molecule has 0 atom stereocenters. The average molecular weight is 252 g/mol. The van der Waals surface area contributed by atoms with E-state index in [1.165, 1.54) is 40.6 Å². The Morgan fingerprint density at radius 3 is 2.84 bits per heavy atom. The van der Waals surface area contributed by atoms with Crippen LogP contribution in [0.25, 0.3) is 10.9 Å². The van der Waals surface area contributed by atoms with Gasteiger partial charge in [0.2, 0.25) is 0 Å². The van der Waals surface area contributed by atoms with Gasteiger partial charge in [-0.05, 0) is 49.9 Å². The molecule has 2 nitrogen and oxygen atoms in total. The van der Waals surface area contributed by atoms with Crippen molar-refractivity contribution in [2.45, 2.75) is 45.8 Å². The fourth-order valence-electron chi connectivity index (χ4n) is 2.65. The van der Waals surface area contributed by atoms with Crippen LogP contribution in [0.4, 0.5) is 0 Å². The average Bonchev–Trinajstić information content (AvgIpc) is 3.22. The molecule has 1 aliphatic carbocycles. The Bertz CT molecular complexity index is 654. The highest BCUT2D eigenvalue weighted by atomic mass is 15.0. The molecule has 0 spiro atoms. The van der Waals surface area contributed by atoms with E-state index in [-0.39, 0.29) is 0 Å². The molecule has 0 saturated heterocycles. The third-order valence-electron chi connectivity index (χ3n) is 4.12. The molecule has 1 heterocycles. The van der Waals surface area contributed by atoms with Crippen LogP contribution in [0.5, 0.6) is 0 Å². The number of aryl methyl sites for hydroxylation is 1. The van der Waals surface area contributed by atoms with E-state index in [0.29, 0.717) is 6.54 Å². The Labute approximate surface area is 114 Å². The van der Waals surface area contributed by atoms with Crippen LogP contribution in [0.2, 0.25) is 0 Å². The second kappa shape index (κ2) is 4.75. The van der Waals surface area contributed by atoms with E-state index in [9.17, 15) is 0 Å². The Morgan fingerprint density at radius 1 is 1.37 bits per heavy atom. The second-order valence-electron chi connectivity index (χ2n) is 5.51. The largest absolute Gasteiger partial charge is 0.333 e. The number of rotatable bonds is 4. The molecule has 1 aliphatic rings. The van der Waals surface area contributed by atoms with Crippen LogP contribution in [0, 0.1) is 26.2 Å². The standard InChI is InChI=1S/C17H20N2/c1-4-9-19-13(3)12(2)16-10-14(5-8-17(16)19)11-18-15-6-7-15/h1,5,8,10,15,18H,6-7,9,11H2,2-3H3. The first kappa shape index (κ1) is 12.3.